The van der Waals surface area contributed by atoms with E-state index in [0.717, 1.165) is 48.4 Å². The summed E-state index contributed by atoms with van der Waals surface area (Å²) in [5.41, 5.74) is 9.79. The average molecular weight is 1130 g/mol. The summed E-state index contributed by atoms with van der Waals surface area (Å²) in [6.45, 7) is 18.9. The van der Waals surface area contributed by atoms with Crippen molar-refractivity contribution in [2.75, 3.05) is 25.6 Å². The third kappa shape index (κ3) is 12.2. The summed E-state index contributed by atoms with van der Waals surface area (Å²) in [5, 5.41) is 0.435. The van der Waals surface area contributed by atoms with Gasteiger partial charge in [-0.3, -0.25) is 18.4 Å². The number of aryl methyl sites for hydroxylation is 3. The monoisotopic (exact) mass is 1130 g/mol. The Kier molecular flexibility index (Phi) is 16.2. The van der Waals surface area contributed by atoms with Crippen LogP contribution in [0.1, 0.15) is 90.3 Å². The van der Waals surface area contributed by atoms with Gasteiger partial charge < -0.3 is 52.2 Å². The van der Waals surface area contributed by atoms with Gasteiger partial charge in [0.2, 0.25) is 0 Å². The summed E-state index contributed by atoms with van der Waals surface area (Å²) in [6.07, 6.45) is 0.839. The Balaban J connectivity index is 1.16. The highest BCUT2D eigenvalue weighted by atomic mass is 32.5. The van der Waals surface area contributed by atoms with Crippen molar-refractivity contribution in [1.82, 2.24) is 34.1 Å². The van der Waals surface area contributed by atoms with Gasteiger partial charge in [0, 0.05) is 26.1 Å². The quantitative estimate of drug-likeness (QED) is 0.0685. The van der Waals surface area contributed by atoms with Crippen molar-refractivity contribution in [2.24, 2.45) is 0 Å². The molecule has 0 spiro atoms. The Bertz CT molecular complexity index is 2750. The van der Waals surface area contributed by atoms with E-state index < -0.39 is 87.2 Å². The Morgan fingerprint density at radius 2 is 1.42 bits per heavy atom. The van der Waals surface area contributed by atoms with Crippen LogP contribution in [0.15, 0.2) is 18.9 Å². The number of carbonyl (C=O) groups is 1. The molecule has 8 rings (SSSR count). The van der Waals surface area contributed by atoms with Crippen molar-refractivity contribution < 1.29 is 55.7 Å². The minimum Gasteiger partial charge on any atom is -0.466 e. The number of nitrogens with two attached hydrogens (primary N) is 1. The highest BCUT2D eigenvalue weighted by Crippen LogP contribution is 2.56. The molecule has 2 unspecified atom stereocenters. The first kappa shape index (κ1) is 56.2. The van der Waals surface area contributed by atoms with Crippen LogP contribution in [0.25, 0.3) is 22.2 Å². The molecule has 0 radical (unpaired) electrons. The molecule has 20 nitrogen and oxygen atoms in total. The van der Waals surface area contributed by atoms with E-state index in [1.807, 2.05) is 10.8 Å². The van der Waals surface area contributed by atoms with Gasteiger partial charge >= 0.3 is 19.4 Å². The number of anilines is 1. The second-order valence-electron chi connectivity index (χ2n) is 23.7. The molecular formula is C45H74N8O12P2S2Si3. The van der Waals surface area contributed by atoms with E-state index >= 15 is 0 Å². The van der Waals surface area contributed by atoms with E-state index in [9.17, 15) is 14.6 Å². The summed E-state index contributed by atoms with van der Waals surface area (Å²) >= 11 is 11.8. The minimum atomic E-state index is -4.27. The van der Waals surface area contributed by atoms with Crippen LogP contribution in [0.5, 0.6) is 0 Å². The zero-order valence-corrected chi connectivity index (χ0v) is 50.2. The first-order valence-corrected chi connectivity index (χ1v) is 39.5. The summed E-state index contributed by atoms with van der Waals surface area (Å²) in [6, 6.07) is 0.850. The number of esters is 1. The molecule has 3 aliphatic heterocycles. The Hall–Kier alpha value is -2.01. The van der Waals surface area contributed by atoms with Gasteiger partial charge in [0.1, 0.15) is 59.9 Å². The van der Waals surface area contributed by atoms with Crippen molar-refractivity contribution in [3.63, 3.8) is 0 Å². The molecule has 0 saturated carbocycles. The standard InChI is InChI=1S/C45H74N8O12P2S2Si3/c1-44(2,3)71(10,11)64-36-30-24-59-66(55,68)62-35-29(60-43(38(35)65-72(12,13)45(4,5)6)52-22-27-16-14-15-17-28-33(27)40(52)48-25-47-28)23-58-67(56,69)63-37(36)42(61-30)53-26-49-34-39(46)50-31(51-41(34)53)18-19-32(54)57-20-21-70(7,8)9/h22,25-26,29-30,35-38,42-43H,14-21,23-24H2,1-13H3,(H,55,68)(H,56,69)(H2,46,50,51)/t29-,30-,35-,36-,37-,38-,42-,43-,66?,67?/m1/s1. The molecule has 3 fully saturated rings. The maximum Gasteiger partial charge on any atom is 0.325 e. The maximum atomic E-state index is 12.8. The molecule has 0 amide bonds. The van der Waals surface area contributed by atoms with Gasteiger partial charge in [-0.15, -0.1) is 0 Å². The second kappa shape index (κ2) is 20.7. The molecule has 4 aliphatic rings. The lowest BCUT2D eigenvalue weighted by molar-refractivity contribution is -0.143. The first-order chi connectivity index (χ1) is 33.3. The summed E-state index contributed by atoms with van der Waals surface area (Å²) < 4.78 is 63.2. The SMILES string of the molecule is CC(C)(C)[Si](C)(C)O[C@@H]1[C@@H]2OP(O)(=S)OC[C@H]3O[C@@H](n4cnc5c(N)nc(CCC(=O)OCC[Si](C)(C)C)nc54)[C@H](OP(O)(=S)OC[C@H]2O[C@H]1n1cc2c4c(ncnc41)CCCC2)[C@@H]3O[Si](C)(C)C(C)(C)C. The van der Waals surface area contributed by atoms with Crippen LogP contribution in [0.2, 0.25) is 61.9 Å². The van der Waals surface area contributed by atoms with Crippen LogP contribution >= 0.6 is 13.4 Å². The van der Waals surface area contributed by atoms with Gasteiger partial charge in [-0.1, -0.05) is 61.2 Å². The van der Waals surface area contributed by atoms with E-state index in [1.54, 1.807) is 10.9 Å². The number of nitrogens with zero attached hydrogens (tertiary/aromatic N) is 7. The van der Waals surface area contributed by atoms with Crippen molar-refractivity contribution in [3.05, 3.63) is 35.9 Å². The molecule has 400 valence electrons. The predicted octanol–water partition coefficient (Wildman–Crippen LogP) is 8.37. The topological polar surface area (TPSA) is 241 Å². The van der Waals surface area contributed by atoms with Gasteiger partial charge in [0.25, 0.3) is 0 Å². The molecule has 72 heavy (non-hydrogen) atoms. The van der Waals surface area contributed by atoms with Crippen LogP contribution in [0, 0.1) is 0 Å². The highest BCUT2D eigenvalue weighted by molar-refractivity contribution is 8.07. The van der Waals surface area contributed by atoms with E-state index in [4.69, 9.17) is 80.5 Å². The molecule has 7 heterocycles. The largest absolute Gasteiger partial charge is 0.466 e. The van der Waals surface area contributed by atoms with Crippen molar-refractivity contribution in [3.8, 4) is 0 Å². The number of ether oxygens (including phenoxy) is 3. The van der Waals surface area contributed by atoms with Crippen molar-refractivity contribution >= 4 is 95.7 Å². The predicted molar refractivity (Wildman–Crippen MR) is 288 cm³/mol. The van der Waals surface area contributed by atoms with Crippen LogP contribution < -0.4 is 5.73 Å². The van der Waals surface area contributed by atoms with Crippen LogP contribution in [0.4, 0.5) is 5.82 Å². The normalized spacial score (nSPS) is 30.2. The van der Waals surface area contributed by atoms with Gasteiger partial charge in [-0.05, 0) is 97.2 Å². The molecule has 0 aromatic carbocycles. The lowest BCUT2D eigenvalue weighted by Crippen LogP contribution is -2.50. The number of hydrogen-bond donors (Lipinski definition) is 3. The van der Waals surface area contributed by atoms with Crippen molar-refractivity contribution in [1.29, 1.82) is 0 Å². The number of rotatable bonds is 12. The highest BCUT2D eigenvalue weighted by Gasteiger charge is 2.57. The van der Waals surface area contributed by atoms with Crippen LogP contribution in [-0.2, 0) is 88.8 Å². The minimum absolute atomic E-state index is 0.0338. The van der Waals surface area contributed by atoms with E-state index in [1.165, 1.54) is 6.33 Å². The molecule has 27 heteroatoms. The molecule has 4 N–H and O–H groups in total. The molecule has 1 aliphatic carbocycles. The lowest BCUT2D eigenvalue weighted by atomic mass is 10.1. The van der Waals surface area contributed by atoms with Crippen LogP contribution in [0.3, 0.4) is 0 Å². The fraction of sp³-hybridized carbons (Fsp3) is 0.733. The molecule has 2 bridgehead atoms. The maximum absolute atomic E-state index is 12.8. The molecule has 10 atom stereocenters. The number of hydrogen-bond acceptors (Lipinski definition) is 18. The molecule has 4 aromatic heterocycles. The third-order valence-electron chi connectivity index (χ3n) is 14.9. The lowest BCUT2D eigenvalue weighted by Gasteiger charge is -2.41. The molecule has 4 aromatic rings. The molecule has 3 saturated heterocycles. The molecular weight excluding hydrogens is 1050 g/mol. The summed E-state index contributed by atoms with van der Waals surface area (Å²) in [5.74, 6) is 0.00147. The fourth-order valence-corrected chi connectivity index (χ4v) is 15.0. The first-order valence-electron chi connectivity index (χ1n) is 24.8. The second-order valence-corrected chi connectivity index (χ2v) is 44.4. The summed E-state index contributed by atoms with van der Waals surface area (Å²) in [7, 11) is -6.75. The zero-order valence-electron chi connectivity index (χ0n) is 43.8. The summed E-state index contributed by atoms with van der Waals surface area (Å²) in [4.78, 5) is 60.6. The van der Waals surface area contributed by atoms with Gasteiger partial charge in [-0.2, -0.15) is 0 Å². The fourth-order valence-electron chi connectivity index (χ4n) is 8.83. The Morgan fingerprint density at radius 1 is 0.806 bits per heavy atom. The Morgan fingerprint density at radius 3 is 2.07 bits per heavy atom. The van der Waals surface area contributed by atoms with Gasteiger partial charge in [0.05, 0.1) is 38.3 Å². The van der Waals surface area contributed by atoms with Gasteiger partial charge in [-0.25, -0.2) is 24.9 Å². The average Bonchev–Trinajstić information content (AvgIpc) is 3.97. The van der Waals surface area contributed by atoms with Gasteiger partial charge in [0.15, 0.2) is 40.6 Å². The number of carbonyl (C=O) groups excluding carboxylic acids is 1. The smallest absolute Gasteiger partial charge is 0.325 e. The van der Waals surface area contributed by atoms with E-state index in [-0.39, 0.29) is 64.9 Å². The number of fused-ring (bicyclic) bond motifs is 4. The van der Waals surface area contributed by atoms with Crippen LogP contribution in [-0.4, -0.2) is 131 Å². The van der Waals surface area contributed by atoms with E-state index in [2.05, 4.69) is 102 Å². The van der Waals surface area contributed by atoms with Crippen molar-refractivity contribution in [2.45, 2.75) is 191 Å². The zero-order chi connectivity index (χ0) is 52.6. The third-order valence-corrected chi connectivity index (χ3v) is 28.7. The number of nitrogen functional groups attached to an aromatic ring is 1. The van der Waals surface area contributed by atoms with E-state index in [0.29, 0.717) is 12.3 Å². The number of aromatic nitrogens is 7. The number of imidazole rings is 1. The Labute approximate surface area is 435 Å².